The Morgan fingerprint density at radius 1 is 0.600 bits per heavy atom. The van der Waals surface area contributed by atoms with E-state index in [1.54, 1.807) is 32.7 Å². The van der Waals surface area contributed by atoms with Gasteiger partial charge < -0.3 is 9.47 Å². The first kappa shape index (κ1) is 42.4. The Balaban J connectivity index is 0. The Morgan fingerprint density at radius 3 is 1.20 bits per heavy atom. The van der Waals surface area contributed by atoms with Crippen molar-refractivity contribution >= 4 is 51.5 Å². The minimum atomic E-state index is -0.839. The van der Waals surface area contributed by atoms with E-state index in [9.17, 15) is 9.59 Å². The van der Waals surface area contributed by atoms with Gasteiger partial charge in [0, 0.05) is 0 Å². The molecule has 0 fully saturated rings. The number of esters is 2. The maximum Gasteiger partial charge on any atom is 0.313 e. The van der Waals surface area contributed by atoms with Gasteiger partial charge in [-0.25, -0.2) is 0 Å². The van der Waals surface area contributed by atoms with Gasteiger partial charge in [0.15, 0.2) is 0 Å². The molecular formula is C34H68O4Sn2. The summed E-state index contributed by atoms with van der Waals surface area (Å²) in [6.45, 7) is 14.0. The summed E-state index contributed by atoms with van der Waals surface area (Å²) in [6, 6.07) is 0. The van der Waals surface area contributed by atoms with E-state index in [4.69, 9.17) is 0 Å². The number of hydrogen-bond acceptors (Lipinski definition) is 4. The number of rotatable bonds is 20. The van der Waals surface area contributed by atoms with Gasteiger partial charge >= 0.3 is 197 Å². The van der Waals surface area contributed by atoms with Crippen molar-refractivity contribution in [1.82, 2.24) is 0 Å². The third-order valence-corrected chi connectivity index (χ3v) is 25.9. The Bertz CT molecular complexity index is 534. The van der Waals surface area contributed by atoms with Crippen molar-refractivity contribution in [3.8, 4) is 0 Å². The summed E-state index contributed by atoms with van der Waals surface area (Å²) in [5.74, 6) is -1.60. The molecule has 2 atom stereocenters. The van der Waals surface area contributed by atoms with E-state index in [-0.39, 0.29) is 11.9 Å². The van der Waals surface area contributed by atoms with Gasteiger partial charge in [-0.2, -0.15) is 0 Å². The third-order valence-electron chi connectivity index (χ3n) is 7.70. The molecular weight excluding hydrogens is 710 g/mol. The zero-order valence-corrected chi connectivity index (χ0v) is 33.8. The van der Waals surface area contributed by atoms with Crippen molar-refractivity contribution in [2.75, 3.05) is 14.2 Å². The molecule has 1 rings (SSSR count). The predicted molar refractivity (Wildman–Crippen MR) is 179 cm³/mol. The fraction of sp³-hybridized carbons (Fsp3) is 0.882. The van der Waals surface area contributed by atoms with Crippen molar-refractivity contribution in [1.29, 1.82) is 0 Å². The number of carbonyl (C=O) groups is 2. The van der Waals surface area contributed by atoms with E-state index in [0.717, 1.165) is 6.42 Å². The predicted octanol–water partition coefficient (Wildman–Crippen LogP) is 10.7. The van der Waals surface area contributed by atoms with Gasteiger partial charge in [-0.05, 0) is 12.8 Å². The van der Waals surface area contributed by atoms with Gasteiger partial charge in [-0.1, -0.05) is 12.2 Å². The standard InChI is InChI=1S/C10H14O4.6C4H9.2Sn/c1-13-9(11)7-5-3-4-6-8(7)10(12)14-2;6*1-3-4-2;;/h3,5,7-8H,4,6H2,1-2H3;6*1,3-4H2,2H3;;. The van der Waals surface area contributed by atoms with Crippen LogP contribution in [-0.4, -0.2) is 65.7 Å². The summed E-state index contributed by atoms with van der Waals surface area (Å²) in [4.78, 5) is 22.7. The average Bonchev–Trinajstić information content (AvgIpc) is 3.00. The SMILES string of the molecule is CCC[CH2][Sn]([CH2]CCC)[CH2]CCC.CCC[CH2][Sn]([CH2]CCC)[CH2]CCC.COC(=O)C1C=CCCC1C(=O)OC. The molecule has 2 unspecified atom stereocenters. The topological polar surface area (TPSA) is 52.6 Å². The second-order valence-corrected chi connectivity index (χ2v) is 28.4. The van der Waals surface area contributed by atoms with Crippen LogP contribution in [0, 0.1) is 11.8 Å². The van der Waals surface area contributed by atoms with E-state index >= 15 is 0 Å². The fourth-order valence-electron chi connectivity index (χ4n) is 4.94. The first-order valence-electron chi connectivity index (χ1n) is 16.9. The van der Waals surface area contributed by atoms with Crippen LogP contribution in [0.1, 0.15) is 131 Å². The molecule has 0 amide bonds. The van der Waals surface area contributed by atoms with Crippen LogP contribution in [0.15, 0.2) is 12.2 Å². The smallest absolute Gasteiger partial charge is 0.313 e. The molecule has 0 bridgehead atoms. The van der Waals surface area contributed by atoms with Crippen LogP contribution >= 0.6 is 0 Å². The van der Waals surface area contributed by atoms with Gasteiger partial charge in [0.2, 0.25) is 0 Å². The molecule has 0 saturated heterocycles. The average molecular weight is 778 g/mol. The molecule has 4 nitrogen and oxygen atoms in total. The summed E-state index contributed by atoms with van der Waals surface area (Å²) < 4.78 is 19.3. The second kappa shape index (κ2) is 32.2. The Morgan fingerprint density at radius 2 is 0.925 bits per heavy atom. The number of allylic oxidation sites excluding steroid dienone is 1. The largest absolute Gasteiger partial charge is 0.469 e. The van der Waals surface area contributed by atoms with E-state index < -0.39 is 51.4 Å². The zero-order valence-electron chi connectivity index (χ0n) is 28.1. The summed E-state index contributed by atoms with van der Waals surface area (Å²) in [5.41, 5.74) is 0. The van der Waals surface area contributed by atoms with Crippen molar-refractivity contribution in [3.63, 3.8) is 0 Å². The molecule has 0 N–H and O–H groups in total. The first-order chi connectivity index (χ1) is 19.4. The molecule has 1 aliphatic carbocycles. The molecule has 40 heavy (non-hydrogen) atoms. The van der Waals surface area contributed by atoms with Gasteiger partial charge in [0.25, 0.3) is 0 Å². The van der Waals surface area contributed by atoms with Crippen molar-refractivity contribution in [2.45, 2.75) is 158 Å². The number of unbranched alkanes of at least 4 members (excludes halogenated alkanes) is 6. The Labute approximate surface area is 265 Å². The molecule has 0 aromatic carbocycles. The Kier molecular flexibility index (Phi) is 34.1. The first-order valence-corrected chi connectivity index (χ1v) is 29.0. The molecule has 1 aliphatic rings. The molecule has 236 valence electrons. The van der Waals surface area contributed by atoms with Crippen LogP contribution in [0.2, 0.25) is 26.6 Å². The maximum absolute atomic E-state index is 11.3. The van der Waals surface area contributed by atoms with Crippen LogP contribution in [0.3, 0.4) is 0 Å². The fourth-order valence-corrected chi connectivity index (χ4v) is 23.8. The van der Waals surface area contributed by atoms with E-state index in [1.165, 1.54) is 91.3 Å². The molecule has 0 aromatic heterocycles. The molecule has 0 heterocycles. The van der Waals surface area contributed by atoms with Crippen LogP contribution < -0.4 is 0 Å². The number of hydrogen-bond donors (Lipinski definition) is 0. The third kappa shape index (κ3) is 23.8. The Hall–Kier alpha value is 0.277. The van der Waals surface area contributed by atoms with Gasteiger partial charge in [0.1, 0.15) is 0 Å². The summed E-state index contributed by atoms with van der Waals surface area (Å²) in [6.07, 6.45) is 22.7. The van der Waals surface area contributed by atoms with Crippen LogP contribution in [0.5, 0.6) is 0 Å². The van der Waals surface area contributed by atoms with Gasteiger partial charge in [-0.3, -0.25) is 9.59 Å². The van der Waals surface area contributed by atoms with Crippen LogP contribution in [0.4, 0.5) is 0 Å². The minimum absolute atomic E-state index is 0.343. The molecule has 0 spiro atoms. The minimum Gasteiger partial charge on any atom is -0.469 e. The number of carbonyl (C=O) groups excluding carboxylic acids is 2. The van der Waals surface area contributed by atoms with Gasteiger partial charge in [0.05, 0.1) is 26.1 Å². The second-order valence-electron chi connectivity index (χ2n) is 11.3. The van der Waals surface area contributed by atoms with Crippen molar-refractivity contribution in [2.24, 2.45) is 11.8 Å². The zero-order chi connectivity index (χ0) is 30.4. The summed E-state index contributed by atoms with van der Waals surface area (Å²) in [5, 5.41) is 0. The van der Waals surface area contributed by atoms with Crippen molar-refractivity contribution in [3.05, 3.63) is 12.2 Å². The monoisotopic (exact) mass is 780 g/mol. The number of ether oxygens (including phenoxy) is 2. The van der Waals surface area contributed by atoms with E-state index in [0.29, 0.717) is 6.42 Å². The van der Waals surface area contributed by atoms with E-state index in [2.05, 4.69) is 51.0 Å². The van der Waals surface area contributed by atoms with Crippen LogP contribution in [-0.2, 0) is 19.1 Å². The van der Waals surface area contributed by atoms with Crippen molar-refractivity contribution < 1.29 is 19.1 Å². The van der Waals surface area contributed by atoms with Gasteiger partial charge in [-0.15, -0.1) is 0 Å². The van der Waals surface area contributed by atoms with Crippen LogP contribution in [0.25, 0.3) is 0 Å². The summed E-state index contributed by atoms with van der Waals surface area (Å²) in [7, 11) is 2.65. The van der Waals surface area contributed by atoms with E-state index in [1.807, 2.05) is 6.08 Å². The maximum atomic E-state index is 11.3. The number of methoxy groups -OCH3 is 2. The normalized spacial score (nSPS) is 16.1. The summed E-state index contributed by atoms with van der Waals surface area (Å²) >= 11 is -1.68. The molecule has 0 aliphatic heterocycles. The molecule has 0 aromatic rings. The quantitative estimate of drug-likeness (QED) is 0.0702. The molecule has 2 radical (unpaired) electrons. The molecule has 0 saturated carbocycles. The molecule has 6 heteroatoms.